The van der Waals surface area contributed by atoms with Crippen molar-refractivity contribution in [2.45, 2.75) is 23.9 Å². The summed E-state index contributed by atoms with van der Waals surface area (Å²) in [4.78, 5) is 16.9. The first-order chi connectivity index (χ1) is 12.0. The van der Waals surface area contributed by atoms with Crippen molar-refractivity contribution in [1.29, 1.82) is 0 Å². The van der Waals surface area contributed by atoms with Crippen molar-refractivity contribution in [1.82, 2.24) is 24.6 Å². The molecule has 0 aliphatic carbocycles. The Hall–Kier alpha value is -2.78. The number of carbonyl (C=O) groups is 1. The average Bonchev–Trinajstić information content (AvgIpc) is 3.02. The Morgan fingerprint density at radius 1 is 1.32 bits per heavy atom. The fourth-order valence-corrected chi connectivity index (χ4v) is 4.35. The first kappa shape index (κ1) is 15.7. The van der Waals surface area contributed by atoms with Gasteiger partial charge in [-0.3, -0.25) is 4.79 Å². The lowest BCUT2D eigenvalue weighted by Gasteiger charge is -2.25. The molecule has 1 amide bonds. The second-order valence-electron chi connectivity index (χ2n) is 5.76. The van der Waals surface area contributed by atoms with Crippen LogP contribution in [0, 0.1) is 0 Å². The summed E-state index contributed by atoms with van der Waals surface area (Å²) in [5.41, 5.74) is 2.05. The molecule has 0 radical (unpaired) electrons. The Balaban J connectivity index is 1.51. The number of nitrogens with one attached hydrogen (secondary N) is 2. The zero-order valence-electron chi connectivity index (χ0n) is 13.1. The molecule has 2 aromatic heterocycles. The third-order valence-electron chi connectivity index (χ3n) is 4.11. The highest BCUT2D eigenvalue weighted by Gasteiger charge is 2.33. The van der Waals surface area contributed by atoms with E-state index in [0.29, 0.717) is 17.6 Å². The molecule has 0 bridgehead atoms. The van der Waals surface area contributed by atoms with Crippen molar-refractivity contribution in [2.24, 2.45) is 0 Å². The number of amides is 1. The van der Waals surface area contributed by atoms with E-state index in [4.69, 9.17) is 0 Å². The van der Waals surface area contributed by atoms with Gasteiger partial charge in [-0.25, -0.2) is 17.9 Å². The number of carbonyl (C=O) groups excluding carboxylic acids is 1. The molecule has 0 unspecified atom stereocenters. The Morgan fingerprint density at radius 2 is 2.16 bits per heavy atom. The largest absolute Gasteiger partial charge is 0.350 e. The standard InChI is InChI=1S/C16H15N5O3S/c22-16(18-9-12-10-19-21-7-3-6-17-15(12)21)13-8-11-4-1-2-5-14(11)25(23,24)20-13/h1-7,10,13,20H,8-9H2,(H,18,22)/t13-/m0/s1. The fraction of sp³-hybridized carbons (Fsp3) is 0.188. The summed E-state index contributed by atoms with van der Waals surface area (Å²) in [6.07, 6.45) is 5.35. The van der Waals surface area contributed by atoms with Gasteiger partial charge in [0.2, 0.25) is 15.9 Å². The molecule has 8 nitrogen and oxygen atoms in total. The van der Waals surface area contributed by atoms with Crippen LogP contribution in [-0.2, 0) is 27.8 Å². The number of nitrogens with zero attached hydrogens (tertiary/aromatic N) is 3. The van der Waals surface area contributed by atoms with E-state index < -0.39 is 16.1 Å². The maximum Gasteiger partial charge on any atom is 0.241 e. The maximum atomic E-state index is 12.4. The van der Waals surface area contributed by atoms with Crippen LogP contribution in [0.5, 0.6) is 0 Å². The third-order valence-corrected chi connectivity index (χ3v) is 5.68. The molecule has 1 aromatic carbocycles. The molecule has 1 atom stereocenters. The number of benzene rings is 1. The molecule has 0 fully saturated rings. The van der Waals surface area contributed by atoms with Crippen LogP contribution < -0.4 is 10.0 Å². The zero-order valence-corrected chi connectivity index (χ0v) is 13.9. The molecular weight excluding hydrogens is 342 g/mol. The summed E-state index contributed by atoms with van der Waals surface area (Å²) in [6.45, 7) is 0.221. The highest BCUT2D eigenvalue weighted by atomic mass is 32.2. The van der Waals surface area contributed by atoms with Gasteiger partial charge in [0, 0.05) is 24.5 Å². The van der Waals surface area contributed by atoms with Crippen LogP contribution >= 0.6 is 0 Å². The van der Waals surface area contributed by atoms with Gasteiger partial charge in [0.15, 0.2) is 5.65 Å². The van der Waals surface area contributed by atoms with Crippen molar-refractivity contribution in [3.8, 4) is 0 Å². The Labute approximate surface area is 143 Å². The number of hydrogen-bond donors (Lipinski definition) is 2. The van der Waals surface area contributed by atoms with Gasteiger partial charge in [-0.15, -0.1) is 0 Å². The van der Waals surface area contributed by atoms with Crippen molar-refractivity contribution in [2.75, 3.05) is 0 Å². The monoisotopic (exact) mass is 357 g/mol. The lowest BCUT2D eigenvalue weighted by atomic mass is 10.1. The van der Waals surface area contributed by atoms with Gasteiger partial charge in [-0.05, 0) is 24.1 Å². The molecule has 0 saturated carbocycles. The van der Waals surface area contributed by atoms with Gasteiger partial charge in [0.25, 0.3) is 0 Å². The predicted octanol–water partition coefficient (Wildman–Crippen LogP) is 0.249. The highest BCUT2D eigenvalue weighted by molar-refractivity contribution is 7.89. The van der Waals surface area contributed by atoms with E-state index >= 15 is 0 Å². The minimum Gasteiger partial charge on any atom is -0.350 e. The van der Waals surface area contributed by atoms with Crippen molar-refractivity contribution >= 4 is 21.6 Å². The molecule has 9 heteroatoms. The molecule has 3 aromatic rings. The minimum absolute atomic E-state index is 0.221. The van der Waals surface area contributed by atoms with E-state index in [1.165, 1.54) is 6.07 Å². The van der Waals surface area contributed by atoms with E-state index in [9.17, 15) is 13.2 Å². The Kier molecular flexibility index (Phi) is 3.74. The summed E-state index contributed by atoms with van der Waals surface area (Å²) in [5.74, 6) is -0.381. The van der Waals surface area contributed by atoms with Gasteiger partial charge >= 0.3 is 0 Å². The van der Waals surface area contributed by atoms with Crippen LogP contribution in [0.25, 0.3) is 5.65 Å². The second-order valence-corrected chi connectivity index (χ2v) is 7.44. The fourth-order valence-electron chi connectivity index (χ4n) is 2.90. The topological polar surface area (TPSA) is 105 Å². The van der Waals surface area contributed by atoms with Crippen molar-refractivity contribution in [3.05, 3.63) is 60.0 Å². The van der Waals surface area contributed by atoms with E-state index in [1.807, 2.05) is 0 Å². The highest BCUT2D eigenvalue weighted by Crippen LogP contribution is 2.22. The van der Waals surface area contributed by atoms with Crippen molar-refractivity contribution in [3.63, 3.8) is 0 Å². The van der Waals surface area contributed by atoms with Gasteiger partial charge in [0.05, 0.1) is 11.1 Å². The summed E-state index contributed by atoms with van der Waals surface area (Å²) in [7, 11) is -3.68. The molecule has 1 aliphatic rings. The molecule has 1 aliphatic heterocycles. The van der Waals surface area contributed by atoms with E-state index in [0.717, 1.165) is 5.56 Å². The predicted molar refractivity (Wildman–Crippen MR) is 89.1 cm³/mol. The van der Waals surface area contributed by atoms with Crippen molar-refractivity contribution < 1.29 is 13.2 Å². The van der Waals surface area contributed by atoms with Gasteiger partial charge in [-0.1, -0.05) is 18.2 Å². The number of rotatable bonds is 3. The number of hydrogen-bond acceptors (Lipinski definition) is 5. The molecule has 4 rings (SSSR count). The van der Waals surface area contributed by atoms with Crippen LogP contribution in [0.3, 0.4) is 0 Å². The average molecular weight is 357 g/mol. The minimum atomic E-state index is -3.68. The normalized spacial score (nSPS) is 18.6. The van der Waals surface area contributed by atoms with E-state index in [2.05, 4.69) is 20.1 Å². The lowest BCUT2D eigenvalue weighted by Crippen LogP contribution is -2.50. The van der Waals surface area contributed by atoms with Crippen LogP contribution in [0.15, 0.2) is 53.8 Å². The quantitative estimate of drug-likeness (QED) is 0.699. The first-order valence-electron chi connectivity index (χ1n) is 7.70. The van der Waals surface area contributed by atoms with Crippen LogP contribution in [0.2, 0.25) is 0 Å². The maximum absolute atomic E-state index is 12.4. The number of fused-ring (bicyclic) bond motifs is 2. The molecule has 3 heterocycles. The SMILES string of the molecule is O=C(NCc1cnn2cccnc12)[C@@H]1Cc2ccccc2S(=O)(=O)N1. The van der Waals surface area contributed by atoms with Crippen LogP contribution in [-0.4, -0.2) is 35.0 Å². The van der Waals surface area contributed by atoms with Gasteiger partial charge in [-0.2, -0.15) is 9.82 Å². The first-order valence-corrected chi connectivity index (χ1v) is 9.18. The van der Waals surface area contributed by atoms with Gasteiger partial charge in [0.1, 0.15) is 6.04 Å². The molecule has 2 N–H and O–H groups in total. The number of aromatic nitrogens is 3. The molecule has 0 spiro atoms. The second kappa shape index (κ2) is 5.94. The van der Waals surface area contributed by atoms with Crippen LogP contribution in [0.1, 0.15) is 11.1 Å². The van der Waals surface area contributed by atoms with Crippen LogP contribution in [0.4, 0.5) is 0 Å². The lowest BCUT2D eigenvalue weighted by molar-refractivity contribution is -0.122. The number of sulfonamides is 1. The smallest absolute Gasteiger partial charge is 0.241 e. The summed E-state index contributed by atoms with van der Waals surface area (Å²) in [6, 6.07) is 7.61. The summed E-state index contributed by atoms with van der Waals surface area (Å²) >= 11 is 0. The Bertz CT molecular complexity index is 1060. The molecule has 0 saturated heterocycles. The Morgan fingerprint density at radius 3 is 3.04 bits per heavy atom. The molecule has 25 heavy (non-hydrogen) atoms. The molecule has 128 valence electrons. The summed E-state index contributed by atoms with van der Waals surface area (Å²) in [5, 5.41) is 6.91. The van der Waals surface area contributed by atoms with E-state index in [-0.39, 0.29) is 17.3 Å². The zero-order chi connectivity index (χ0) is 17.4. The molecular formula is C16H15N5O3S. The van der Waals surface area contributed by atoms with E-state index in [1.54, 1.807) is 47.4 Å². The van der Waals surface area contributed by atoms with Gasteiger partial charge < -0.3 is 5.32 Å². The summed E-state index contributed by atoms with van der Waals surface area (Å²) < 4.78 is 28.6. The third kappa shape index (κ3) is 2.87.